The fourth-order valence-corrected chi connectivity index (χ4v) is 4.76. The molecule has 2 heterocycles. The molecule has 2 aromatic carbocycles. The number of methoxy groups -OCH3 is 1. The van der Waals surface area contributed by atoms with Gasteiger partial charge in [-0.05, 0) is 81.2 Å². The Morgan fingerprint density at radius 2 is 1.51 bits per heavy atom. The van der Waals surface area contributed by atoms with Gasteiger partial charge >= 0.3 is 18.1 Å². The van der Waals surface area contributed by atoms with Crippen molar-refractivity contribution in [1.82, 2.24) is 4.90 Å². The van der Waals surface area contributed by atoms with Gasteiger partial charge in [-0.3, -0.25) is 4.79 Å². The molecule has 2 saturated heterocycles. The molecule has 2 aromatic rings. The number of carbonyl (C=O) groups is 3. The highest BCUT2D eigenvalue weighted by Gasteiger charge is 2.38. The van der Waals surface area contributed by atoms with Crippen LogP contribution in [0, 0.1) is 0 Å². The first-order valence-corrected chi connectivity index (χ1v) is 12.6. The van der Waals surface area contributed by atoms with Crippen molar-refractivity contribution in [1.29, 1.82) is 0 Å². The van der Waals surface area contributed by atoms with Crippen LogP contribution in [0.1, 0.15) is 52.8 Å². The molecule has 9 nitrogen and oxygen atoms in total. The maximum atomic E-state index is 12.6. The molecule has 0 atom stereocenters. The van der Waals surface area contributed by atoms with Gasteiger partial charge in [0.2, 0.25) is 0 Å². The summed E-state index contributed by atoms with van der Waals surface area (Å²) in [5.41, 5.74) is 1.88. The fourth-order valence-electron chi connectivity index (χ4n) is 4.76. The Morgan fingerprint density at radius 3 is 2.03 bits per heavy atom. The molecule has 2 aliphatic heterocycles. The number of hydrogen-bond acceptors (Lipinski definition) is 6. The number of likely N-dealkylation sites (tertiary alicyclic amines) is 1. The van der Waals surface area contributed by atoms with Gasteiger partial charge in [0, 0.05) is 30.4 Å². The zero-order valence-corrected chi connectivity index (χ0v) is 21.5. The second-order valence-corrected chi connectivity index (χ2v) is 9.34. The van der Waals surface area contributed by atoms with Crippen LogP contribution in [-0.4, -0.2) is 78.5 Å². The Kier molecular flexibility index (Phi) is 10.2. The molecule has 0 aliphatic carbocycles. The second-order valence-electron chi connectivity index (χ2n) is 9.34. The van der Waals surface area contributed by atoms with E-state index in [1.165, 1.54) is 32.4 Å². The first-order valence-electron chi connectivity index (χ1n) is 12.6. The monoisotopic (exact) mass is 551 g/mol. The molecular weight excluding hydrogens is 519 g/mol. The van der Waals surface area contributed by atoms with Gasteiger partial charge in [-0.1, -0.05) is 6.42 Å². The molecule has 12 heteroatoms. The first-order chi connectivity index (χ1) is 18.5. The number of anilines is 2. The second kappa shape index (κ2) is 13.3. The summed E-state index contributed by atoms with van der Waals surface area (Å²) in [6, 6.07) is 12.5. The summed E-state index contributed by atoms with van der Waals surface area (Å²) < 4.78 is 36.9. The molecular formula is C27H32F3N3O6. The largest absolute Gasteiger partial charge is 0.497 e. The average molecular weight is 552 g/mol. The number of hydrogen-bond donors (Lipinski definition) is 3. The Morgan fingerprint density at radius 1 is 0.923 bits per heavy atom. The molecule has 3 N–H and O–H groups in total. The lowest BCUT2D eigenvalue weighted by Crippen LogP contribution is -2.47. The quantitative estimate of drug-likeness (QED) is 0.471. The van der Waals surface area contributed by atoms with Crippen molar-refractivity contribution in [2.45, 2.75) is 44.3 Å². The number of ether oxygens (including phenoxy) is 1. The summed E-state index contributed by atoms with van der Waals surface area (Å²) in [6.07, 6.45) is 0.920. The van der Waals surface area contributed by atoms with Gasteiger partial charge in [-0.15, -0.1) is 0 Å². The van der Waals surface area contributed by atoms with Crippen molar-refractivity contribution in [2.24, 2.45) is 0 Å². The summed E-state index contributed by atoms with van der Waals surface area (Å²) in [5.74, 6) is -3.37. The first kappa shape index (κ1) is 29.8. The fraction of sp³-hybridized carbons (Fsp3) is 0.444. The number of aromatic carboxylic acids is 1. The summed E-state index contributed by atoms with van der Waals surface area (Å²) in [4.78, 5) is 38.2. The maximum absolute atomic E-state index is 12.6. The zero-order chi connectivity index (χ0) is 28.6. The minimum Gasteiger partial charge on any atom is -0.497 e. The van der Waals surface area contributed by atoms with Crippen molar-refractivity contribution in [3.63, 3.8) is 0 Å². The van der Waals surface area contributed by atoms with Crippen LogP contribution in [-0.2, 0) is 4.79 Å². The van der Waals surface area contributed by atoms with Gasteiger partial charge in [-0.25, -0.2) is 9.59 Å². The molecule has 212 valence electrons. The zero-order valence-electron chi connectivity index (χ0n) is 21.5. The maximum Gasteiger partial charge on any atom is 0.490 e. The van der Waals surface area contributed by atoms with Crippen molar-refractivity contribution >= 4 is 29.2 Å². The van der Waals surface area contributed by atoms with Crippen LogP contribution in [0.5, 0.6) is 5.75 Å². The van der Waals surface area contributed by atoms with Gasteiger partial charge in [0.1, 0.15) is 5.75 Å². The molecule has 0 spiro atoms. The van der Waals surface area contributed by atoms with Crippen LogP contribution in [0.4, 0.5) is 24.5 Å². The van der Waals surface area contributed by atoms with E-state index in [0.29, 0.717) is 23.0 Å². The Hall–Kier alpha value is -3.80. The predicted molar refractivity (Wildman–Crippen MR) is 139 cm³/mol. The number of benzene rings is 2. The summed E-state index contributed by atoms with van der Waals surface area (Å²) in [6.45, 7) is 4.07. The van der Waals surface area contributed by atoms with E-state index in [4.69, 9.17) is 14.6 Å². The molecule has 2 aliphatic rings. The van der Waals surface area contributed by atoms with Crippen LogP contribution in [0.2, 0.25) is 0 Å². The van der Waals surface area contributed by atoms with Crippen LogP contribution < -0.4 is 15.0 Å². The van der Waals surface area contributed by atoms with Crippen molar-refractivity contribution in [3.05, 3.63) is 53.6 Å². The minimum atomic E-state index is -5.08. The summed E-state index contributed by atoms with van der Waals surface area (Å²) >= 11 is 0. The van der Waals surface area contributed by atoms with E-state index >= 15 is 0 Å². The molecule has 0 bridgehead atoms. The highest BCUT2D eigenvalue weighted by Crippen LogP contribution is 2.29. The highest BCUT2D eigenvalue weighted by atomic mass is 19.4. The number of carboxylic acid groups (broad SMARTS) is 2. The van der Waals surface area contributed by atoms with E-state index in [0.717, 1.165) is 31.6 Å². The number of nitrogens with one attached hydrogen (secondary N) is 1. The van der Waals surface area contributed by atoms with Gasteiger partial charge in [-0.2, -0.15) is 13.2 Å². The SMILES string of the molecule is COc1ccc(C(=O)Nc2ccc(N3CCC(N4CCCCC4)CC3)c(C(=O)O)c2)cc1.O=C(O)C(F)(F)F. The number of amides is 1. The lowest BCUT2D eigenvalue weighted by atomic mass is 9.98. The third-order valence-corrected chi connectivity index (χ3v) is 6.79. The molecule has 0 radical (unpaired) electrons. The smallest absolute Gasteiger partial charge is 0.490 e. The highest BCUT2D eigenvalue weighted by molar-refractivity contribution is 6.05. The molecule has 0 unspecified atom stereocenters. The molecule has 0 saturated carbocycles. The normalized spacial score (nSPS) is 16.6. The standard InChI is InChI=1S/C25H31N3O4.C2HF3O2/c1-32-21-8-5-18(6-9-21)24(29)26-19-7-10-23(22(17-19)25(30)31)28-15-11-20(12-16-28)27-13-3-2-4-14-27;3-2(4,5)1(6)7/h5-10,17,20H,2-4,11-16H2,1H3,(H,26,29)(H,30,31);(H,6,7). The van der Waals surface area contributed by atoms with E-state index in [-0.39, 0.29) is 11.5 Å². The molecule has 0 aromatic heterocycles. The number of nitrogens with zero attached hydrogens (tertiary/aromatic N) is 2. The lowest BCUT2D eigenvalue weighted by Gasteiger charge is -2.41. The van der Waals surface area contributed by atoms with Crippen LogP contribution in [0.25, 0.3) is 0 Å². The van der Waals surface area contributed by atoms with Crippen LogP contribution in [0.15, 0.2) is 42.5 Å². The van der Waals surface area contributed by atoms with Crippen molar-refractivity contribution < 1.29 is 42.5 Å². The number of carboxylic acids is 2. The predicted octanol–water partition coefficient (Wildman–Crippen LogP) is 4.73. The molecule has 1 amide bonds. The third kappa shape index (κ3) is 8.34. The van der Waals surface area contributed by atoms with Gasteiger partial charge in [0.15, 0.2) is 0 Å². The number of carbonyl (C=O) groups excluding carboxylic acids is 1. The number of alkyl halides is 3. The molecule has 2 fully saturated rings. The number of aliphatic carboxylic acids is 1. The summed E-state index contributed by atoms with van der Waals surface area (Å²) in [5, 5.41) is 19.8. The minimum absolute atomic E-state index is 0.217. The Bertz CT molecular complexity index is 1140. The van der Waals surface area contributed by atoms with Crippen molar-refractivity contribution in [2.75, 3.05) is 43.5 Å². The topological polar surface area (TPSA) is 119 Å². The van der Waals surface area contributed by atoms with Gasteiger partial charge < -0.3 is 30.1 Å². The van der Waals surface area contributed by atoms with Crippen LogP contribution >= 0.6 is 0 Å². The van der Waals surface area contributed by atoms with Crippen molar-refractivity contribution in [3.8, 4) is 5.75 Å². The van der Waals surface area contributed by atoms with E-state index in [2.05, 4.69) is 15.1 Å². The summed E-state index contributed by atoms with van der Waals surface area (Å²) in [7, 11) is 1.57. The van der Waals surface area contributed by atoms with Gasteiger partial charge in [0.25, 0.3) is 5.91 Å². The number of piperidine rings is 2. The van der Waals surface area contributed by atoms with E-state index in [1.54, 1.807) is 43.5 Å². The van der Waals surface area contributed by atoms with E-state index in [9.17, 15) is 27.9 Å². The number of halogens is 3. The Balaban J connectivity index is 0.000000532. The molecule has 4 rings (SSSR count). The molecule has 39 heavy (non-hydrogen) atoms. The van der Waals surface area contributed by atoms with E-state index in [1.807, 2.05) is 6.07 Å². The van der Waals surface area contributed by atoms with E-state index < -0.39 is 18.1 Å². The van der Waals surface area contributed by atoms with Crippen LogP contribution in [0.3, 0.4) is 0 Å². The third-order valence-electron chi connectivity index (χ3n) is 6.79. The average Bonchev–Trinajstić information content (AvgIpc) is 2.93. The lowest BCUT2D eigenvalue weighted by molar-refractivity contribution is -0.192. The number of rotatable bonds is 6. The Labute approximate surface area is 224 Å². The van der Waals surface area contributed by atoms with Gasteiger partial charge in [0.05, 0.1) is 18.4 Å².